The zero-order valence-electron chi connectivity index (χ0n) is 12.5. The van der Waals surface area contributed by atoms with Crippen LogP contribution < -0.4 is 5.32 Å². The highest BCUT2D eigenvalue weighted by Gasteiger charge is 2.16. The molecule has 0 aliphatic carbocycles. The molecule has 2 aromatic carbocycles. The quantitative estimate of drug-likeness (QED) is 0.866. The van der Waals surface area contributed by atoms with Gasteiger partial charge < -0.3 is 5.32 Å². The Bertz CT molecular complexity index is 556. The van der Waals surface area contributed by atoms with E-state index in [2.05, 4.69) is 17.4 Å². The molecule has 2 nitrogen and oxygen atoms in total. The predicted octanol–water partition coefficient (Wildman–Crippen LogP) is 4.19. The minimum atomic E-state index is -0.0589. The second kappa shape index (κ2) is 7.89. The van der Waals surface area contributed by atoms with Crippen LogP contribution in [0.3, 0.4) is 0 Å². The third-order valence-electron chi connectivity index (χ3n) is 3.37. The van der Waals surface area contributed by atoms with E-state index in [9.17, 15) is 4.79 Å². The van der Waals surface area contributed by atoms with Crippen LogP contribution in [0.15, 0.2) is 60.7 Å². The zero-order chi connectivity index (χ0) is 15.1. The maximum atomic E-state index is 12.2. The lowest BCUT2D eigenvalue weighted by atomic mass is 10.1. The number of carbonyl (C=O) groups is 1. The molecule has 110 valence electrons. The number of carbonyl (C=O) groups excluding carboxylic acids is 1. The molecule has 3 heteroatoms. The number of benzene rings is 2. The monoisotopic (exact) mass is 299 g/mol. The highest BCUT2D eigenvalue weighted by molar-refractivity contribution is 7.99. The summed E-state index contributed by atoms with van der Waals surface area (Å²) >= 11 is 1.66. The number of rotatable bonds is 6. The van der Waals surface area contributed by atoms with Gasteiger partial charge in [0.15, 0.2) is 0 Å². The molecule has 0 fully saturated rings. The molecule has 0 spiro atoms. The van der Waals surface area contributed by atoms with Crippen LogP contribution in [0.2, 0.25) is 0 Å². The lowest BCUT2D eigenvalue weighted by Crippen LogP contribution is -2.33. The molecule has 1 N–H and O–H groups in total. The summed E-state index contributed by atoms with van der Waals surface area (Å²) in [4.78, 5) is 12.2. The third-order valence-corrected chi connectivity index (χ3v) is 4.58. The van der Waals surface area contributed by atoms with Crippen molar-refractivity contribution in [2.45, 2.75) is 30.9 Å². The lowest BCUT2D eigenvalue weighted by molar-refractivity contribution is -0.120. The van der Waals surface area contributed by atoms with Crippen LogP contribution in [0.25, 0.3) is 0 Å². The fourth-order valence-electron chi connectivity index (χ4n) is 2.03. The number of hydrogen-bond donors (Lipinski definition) is 1. The molecule has 0 aromatic heterocycles. The Labute approximate surface area is 131 Å². The van der Waals surface area contributed by atoms with Gasteiger partial charge in [0.2, 0.25) is 5.91 Å². The fraction of sp³-hybridized carbons (Fsp3) is 0.278. The van der Waals surface area contributed by atoms with Crippen molar-refractivity contribution in [2.75, 3.05) is 0 Å². The molecule has 0 unspecified atom stereocenters. The van der Waals surface area contributed by atoms with Gasteiger partial charge in [0, 0.05) is 5.75 Å². The van der Waals surface area contributed by atoms with E-state index in [1.807, 2.05) is 62.4 Å². The van der Waals surface area contributed by atoms with Crippen LogP contribution in [0, 0.1) is 0 Å². The van der Waals surface area contributed by atoms with Crippen molar-refractivity contribution in [3.05, 3.63) is 71.8 Å². The van der Waals surface area contributed by atoms with E-state index >= 15 is 0 Å². The van der Waals surface area contributed by atoms with Crippen molar-refractivity contribution in [2.24, 2.45) is 0 Å². The summed E-state index contributed by atoms with van der Waals surface area (Å²) in [7, 11) is 0. The first-order valence-electron chi connectivity index (χ1n) is 7.17. The first kappa shape index (κ1) is 15.6. The molecular formula is C18H21NOS. The van der Waals surface area contributed by atoms with Crippen molar-refractivity contribution in [3.8, 4) is 0 Å². The first-order valence-corrected chi connectivity index (χ1v) is 8.22. The largest absolute Gasteiger partial charge is 0.349 e. The predicted molar refractivity (Wildman–Crippen MR) is 90.2 cm³/mol. The summed E-state index contributed by atoms with van der Waals surface area (Å²) in [6.07, 6.45) is 0. The van der Waals surface area contributed by atoms with Crippen molar-refractivity contribution < 1.29 is 4.79 Å². The summed E-state index contributed by atoms with van der Waals surface area (Å²) in [6, 6.07) is 20.3. The van der Waals surface area contributed by atoms with Gasteiger partial charge in [-0.15, -0.1) is 11.8 Å². The summed E-state index contributed by atoms with van der Waals surface area (Å²) < 4.78 is 0. The molecule has 0 aliphatic heterocycles. The van der Waals surface area contributed by atoms with Gasteiger partial charge in [-0.25, -0.2) is 0 Å². The van der Waals surface area contributed by atoms with Gasteiger partial charge in [-0.3, -0.25) is 4.79 Å². The first-order chi connectivity index (χ1) is 10.2. The van der Waals surface area contributed by atoms with Gasteiger partial charge in [-0.1, -0.05) is 60.7 Å². The van der Waals surface area contributed by atoms with Crippen molar-refractivity contribution in [3.63, 3.8) is 0 Å². The van der Waals surface area contributed by atoms with Crippen molar-refractivity contribution >= 4 is 17.7 Å². The van der Waals surface area contributed by atoms with Gasteiger partial charge >= 0.3 is 0 Å². The molecule has 21 heavy (non-hydrogen) atoms. The second-order valence-corrected chi connectivity index (χ2v) is 6.41. The standard InChI is InChI=1S/C18H21NOS/c1-14(17-11-7-4-8-12-17)19-18(20)15(2)21-13-16-9-5-3-6-10-16/h3-12,14-15H,13H2,1-2H3,(H,19,20)/t14-,15+/m1/s1. The average Bonchev–Trinajstić information content (AvgIpc) is 2.54. The molecule has 0 bridgehead atoms. The average molecular weight is 299 g/mol. The van der Waals surface area contributed by atoms with Crippen molar-refractivity contribution in [1.82, 2.24) is 5.32 Å². The molecule has 2 rings (SSSR count). The van der Waals surface area contributed by atoms with Gasteiger partial charge in [0.1, 0.15) is 0 Å². The summed E-state index contributed by atoms with van der Waals surface area (Å²) in [5.74, 6) is 0.946. The van der Waals surface area contributed by atoms with Crippen LogP contribution in [0.5, 0.6) is 0 Å². The molecule has 1 amide bonds. The smallest absolute Gasteiger partial charge is 0.233 e. The van der Waals surface area contributed by atoms with E-state index in [1.54, 1.807) is 11.8 Å². The van der Waals surface area contributed by atoms with Crippen LogP contribution >= 0.6 is 11.8 Å². The summed E-state index contributed by atoms with van der Waals surface area (Å²) in [6.45, 7) is 3.97. The van der Waals surface area contributed by atoms with Gasteiger partial charge in [-0.2, -0.15) is 0 Å². The van der Waals surface area contributed by atoms with E-state index in [4.69, 9.17) is 0 Å². The van der Waals surface area contributed by atoms with Crippen molar-refractivity contribution in [1.29, 1.82) is 0 Å². The number of hydrogen-bond acceptors (Lipinski definition) is 2. The van der Waals surface area contributed by atoms with Gasteiger partial charge in [-0.05, 0) is 25.0 Å². The van der Waals surface area contributed by atoms with E-state index < -0.39 is 0 Å². The van der Waals surface area contributed by atoms with Crippen LogP contribution in [-0.4, -0.2) is 11.2 Å². The Hall–Kier alpha value is -1.74. The Kier molecular flexibility index (Phi) is 5.88. The highest BCUT2D eigenvalue weighted by Crippen LogP contribution is 2.19. The summed E-state index contributed by atoms with van der Waals surface area (Å²) in [5.41, 5.74) is 2.38. The van der Waals surface area contributed by atoms with E-state index in [0.29, 0.717) is 0 Å². The SMILES string of the molecule is C[C@H](SCc1ccccc1)C(=O)N[C@H](C)c1ccccc1. The molecule has 0 aliphatic rings. The minimum Gasteiger partial charge on any atom is -0.349 e. The topological polar surface area (TPSA) is 29.1 Å². The Morgan fingerprint density at radius 3 is 2.19 bits per heavy atom. The van der Waals surface area contributed by atoms with Crippen LogP contribution in [0.1, 0.15) is 31.0 Å². The van der Waals surface area contributed by atoms with E-state index in [0.717, 1.165) is 11.3 Å². The second-order valence-electron chi connectivity index (χ2n) is 5.08. The maximum Gasteiger partial charge on any atom is 0.233 e. The molecule has 2 atom stereocenters. The van der Waals surface area contributed by atoms with Crippen LogP contribution in [0.4, 0.5) is 0 Å². The van der Waals surface area contributed by atoms with E-state index in [-0.39, 0.29) is 17.2 Å². The summed E-state index contributed by atoms with van der Waals surface area (Å²) in [5, 5.41) is 3.01. The van der Waals surface area contributed by atoms with Gasteiger partial charge in [0.05, 0.1) is 11.3 Å². The molecule has 0 saturated heterocycles. The normalized spacial score (nSPS) is 13.4. The van der Waals surface area contributed by atoms with Gasteiger partial charge in [0.25, 0.3) is 0 Å². The molecule has 0 saturated carbocycles. The minimum absolute atomic E-state index is 0.0403. The highest BCUT2D eigenvalue weighted by atomic mass is 32.2. The van der Waals surface area contributed by atoms with E-state index in [1.165, 1.54) is 5.56 Å². The molecule has 2 aromatic rings. The number of nitrogens with one attached hydrogen (secondary N) is 1. The number of amides is 1. The third kappa shape index (κ3) is 4.94. The molecule has 0 heterocycles. The zero-order valence-corrected chi connectivity index (χ0v) is 13.3. The Morgan fingerprint density at radius 1 is 1.00 bits per heavy atom. The number of thioether (sulfide) groups is 1. The van der Waals surface area contributed by atoms with Crippen LogP contribution in [-0.2, 0) is 10.5 Å². The molecular weight excluding hydrogens is 278 g/mol. The lowest BCUT2D eigenvalue weighted by Gasteiger charge is -2.17. The maximum absolute atomic E-state index is 12.2. The Balaban J connectivity index is 1.82. The fourth-order valence-corrected chi connectivity index (χ4v) is 2.88. The molecule has 0 radical (unpaired) electrons. The Morgan fingerprint density at radius 2 is 1.57 bits per heavy atom.